The highest BCUT2D eigenvalue weighted by atomic mass is 32.2. The Morgan fingerprint density at radius 3 is 2.42 bits per heavy atom. The Hall–Kier alpha value is -3.58. The van der Waals surface area contributed by atoms with Gasteiger partial charge < -0.3 is 10.1 Å². The Labute approximate surface area is 185 Å². The predicted octanol–water partition coefficient (Wildman–Crippen LogP) is 4.98. The number of benzene rings is 3. The van der Waals surface area contributed by atoms with Gasteiger partial charge in [-0.25, -0.2) is 0 Å². The largest absolute Gasteiger partial charge is 0.495 e. The van der Waals surface area contributed by atoms with Crippen molar-refractivity contribution in [1.29, 1.82) is 0 Å². The van der Waals surface area contributed by atoms with Gasteiger partial charge in [-0.1, -0.05) is 71.9 Å². The molecular weight excluding hydrogens is 408 g/mol. The van der Waals surface area contributed by atoms with Gasteiger partial charge in [0.25, 0.3) is 0 Å². The van der Waals surface area contributed by atoms with Crippen molar-refractivity contribution in [2.24, 2.45) is 0 Å². The molecule has 156 valence electrons. The summed E-state index contributed by atoms with van der Waals surface area (Å²) in [5, 5.41) is 12.3. The summed E-state index contributed by atoms with van der Waals surface area (Å²) in [6.45, 7) is 2.05. The highest BCUT2D eigenvalue weighted by Crippen LogP contribution is 2.29. The first-order valence-corrected chi connectivity index (χ1v) is 10.8. The standard InChI is InChI=1S/C24H22N4O2S/c1-17-12-14-18(15-13-17)23-26-27-24(28(23)19-8-4-3-5-9-19)31-16-22(29)25-20-10-6-7-11-21(20)30-2/h3-15H,16H2,1-2H3,(H,25,29). The molecule has 0 radical (unpaired) electrons. The number of amides is 1. The first-order chi connectivity index (χ1) is 15.2. The second-order valence-electron chi connectivity index (χ2n) is 6.88. The third-order valence-electron chi connectivity index (χ3n) is 4.67. The second-order valence-corrected chi connectivity index (χ2v) is 7.82. The molecule has 0 saturated carbocycles. The Balaban J connectivity index is 1.58. The van der Waals surface area contributed by atoms with Crippen LogP contribution in [0.2, 0.25) is 0 Å². The van der Waals surface area contributed by atoms with Crippen molar-refractivity contribution in [2.45, 2.75) is 12.1 Å². The number of aryl methyl sites for hydroxylation is 1. The van der Waals surface area contributed by atoms with Crippen molar-refractivity contribution in [3.8, 4) is 22.8 Å². The van der Waals surface area contributed by atoms with Crippen LogP contribution in [-0.2, 0) is 4.79 Å². The molecule has 0 atom stereocenters. The van der Waals surface area contributed by atoms with E-state index >= 15 is 0 Å². The molecule has 31 heavy (non-hydrogen) atoms. The third-order valence-corrected chi connectivity index (χ3v) is 5.60. The number of rotatable bonds is 7. The maximum atomic E-state index is 12.6. The molecule has 0 spiro atoms. The number of anilines is 1. The zero-order valence-corrected chi connectivity index (χ0v) is 18.1. The fourth-order valence-electron chi connectivity index (χ4n) is 3.13. The fraction of sp³-hybridized carbons (Fsp3) is 0.125. The molecule has 4 aromatic rings. The van der Waals surface area contributed by atoms with Crippen molar-refractivity contribution in [2.75, 3.05) is 18.2 Å². The summed E-state index contributed by atoms with van der Waals surface area (Å²) in [7, 11) is 1.58. The maximum absolute atomic E-state index is 12.6. The summed E-state index contributed by atoms with van der Waals surface area (Å²) in [6, 6.07) is 25.4. The molecule has 3 aromatic carbocycles. The van der Waals surface area contributed by atoms with Crippen LogP contribution >= 0.6 is 11.8 Å². The molecule has 0 saturated heterocycles. The molecule has 0 fully saturated rings. The Bertz CT molecular complexity index is 1170. The molecule has 1 amide bonds. The minimum absolute atomic E-state index is 0.144. The number of thioether (sulfide) groups is 1. The van der Waals surface area contributed by atoms with Gasteiger partial charge in [-0.3, -0.25) is 9.36 Å². The monoisotopic (exact) mass is 430 g/mol. The van der Waals surface area contributed by atoms with Crippen molar-refractivity contribution in [1.82, 2.24) is 14.8 Å². The summed E-state index contributed by atoms with van der Waals surface area (Å²) in [5.41, 5.74) is 3.72. The van der Waals surface area contributed by atoms with Crippen LogP contribution in [0.1, 0.15) is 5.56 Å². The molecule has 1 heterocycles. The van der Waals surface area contributed by atoms with E-state index in [4.69, 9.17) is 4.74 Å². The molecule has 0 unspecified atom stereocenters. The van der Waals surface area contributed by atoms with Gasteiger partial charge in [-0.15, -0.1) is 10.2 Å². The summed E-state index contributed by atoms with van der Waals surface area (Å²) in [5.74, 6) is 1.40. The van der Waals surface area contributed by atoms with Crippen LogP contribution in [0.15, 0.2) is 84.0 Å². The van der Waals surface area contributed by atoms with E-state index in [9.17, 15) is 4.79 Å². The molecule has 0 bridgehead atoms. The van der Waals surface area contributed by atoms with Crippen molar-refractivity contribution in [3.63, 3.8) is 0 Å². The highest BCUT2D eigenvalue weighted by Gasteiger charge is 2.17. The van der Waals surface area contributed by atoms with E-state index in [0.717, 1.165) is 17.1 Å². The van der Waals surface area contributed by atoms with Crippen molar-refractivity contribution < 1.29 is 9.53 Å². The van der Waals surface area contributed by atoms with Crippen LogP contribution in [0.4, 0.5) is 5.69 Å². The Morgan fingerprint density at radius 1 is 0.968 bits per heavy atom. The van der Waals surface area contributed by atoms with Gasteiger partial charge in [0.1, 0.15) is 5.75 Å². The highest BCUT2D eigenvalue weighted by molar-refractivity contribution is 7.99. The van der Waals surface area contributed by atoms with E-state index < -0.39 is 0 Å². The maximum Gasteiger partial charge on any atom is 0.234 e. The number of ether oxygens (including phenoxy) is 1. The van der Waals surface area contributed by atoms with E-state index in [1.807, 2.05) is 90.4 Å². The average molecular weight is 431 g/mol. The first kappa shape index (κ1) is 20.7. The Kier molecular flexibility index (Phi) is 6.33. The lowest BCUT2D eigenvalue weighted by Gasteiger charge is -2.11. The normalized spacial score (nSPS) is 10.6. The summed E-state index contributed by atoms with van der Waals surface area (Å²) in [4.78, 5) is 12.6. The van der Waals surface area contributed by atoms with E-state index in [0.29, 0.717) is 16.6 Å². The van der Waals surface area contributed by atoms with Crippen molar-refractivity contribution in [3.05, 3.63) is 84.4 Å². The number of methoxy groups -OCH3 is 1. The van der Waals surface area contributed by atoms with Gasteiger partial charge in [0.05, 0.1) is 18.6 Å². The Morgan fingerprint density at radius 2 is 1.68 bits per heavy atom. The van der Waals surface area contributed by atoms with Gasteiger partial charge in [0.15, 0.2) is 11.0 Å². The number of nitrogens with one attached hydrogen (secondary N) is 1. The van der Waals surface area contributed by atoms with Crippen LogP contribution in [0.3, 0.4) is 0 Å². The van der Waals surface area contributed by atoms with Gasteiger partial charge in [-0.2, -0.15) is 0 Å². The zero-order chi connectivity index (χ0) is 21.6. The number of nitrogens with zero attached hydrogens (tertiary/aromatic N) is 3. The fourth-order valence-corrected chi connectivity index (χ4v) is 3.88. The van der Waals surface area contributed by atoms with Gasteiger partial charge in [-0.05, 0) is 31.2 Å². The zero-order valence-electron chi connectivity index (χ0n) is 17.3. The molecule has 0 aliphatic rings. The third kappa shape index (κ3) is 4.78. The number of para-hydroxylation sites is 3. The smallest absolute Gasteiger partial charge is 0.234 e. The quantitative estimate of drug-likeness (QED) is 0.419. The number of hydrogen-bond acceptors (Lipinski definition) is 5. The topological polar surface area (TPSA) is 69.0 Å². The van der Waals surface area contributed by atoms with E-state index in [1.165, 1.54) is 17.3 Å². The average Bonchev–Trinajstić information content (AvgIpc) is 3.23. The lowest BCUT2D eigenvalue weighted by molar-refractivity contribution is -0.113. The molecule has 6 nitrogen and oxygen atoms in total. The summed E-state index contributed by atoms with van der Waals surface area (Å²) >= 11 is 1.34. The first-order valence-electron chi connectivity index (χ1n) is 9.79. The van der Waals surface area contributed by atoms with Crippen molar-refractivity contribution >= 4 is 23.4 Å². The van der Waals surface area contributed by atoms with Gasteiger partial charge in [0.2, 0.25) is 5.91 Å². The van der Waals surface area contributed by atoms with Crippen LogP contribution in [0.25, 0.3) is 17.1 Å². The summed E-state index contributed by atoms with van der Waals surface area (Å²) < 4.78 is 7.28. The molecule has 4 rings (SSSR count). The number of carbonyl (C=O) groups excluding carboxylic acids is 1. The van der Waals surface area contributed by atoms with Crippen LogP contribution in [-0.4, -0.2) is 33.5 Å². The van der Waals surface area contributed by atoms with E-state index in [2.05, 4.69) is 15.5 Å². The number of aromatic nitrogens is 3. The number of hydrogen-bond donors (Lipinski definition) is 1. The molecule has 1 aromatic heterocycles. The van der Waals surface area contributed by atoms with Gasteiger partial charge in [0, 0.05) is 11.3 Å². The SMILES string of the molecule is COc1ccccc1NC(=O)CSc1nnc(-c2ccc(C)cc2)n1-c1ccccc1. The minimum atomic E-state index is -0.144. The van der Waals surface area contributed by atoms with Crippen LogP contribution in [0.5, 0.6) is 5.75 Å². The van der Waals surface area contributed by atoms with Crippen LogP contribution < -0.4 is 10.1 Å². The summed E-state index contributed by atoms with van der Waals surface area (Å²) in [6.07, 6.45) is 0. The number of carbonyl (C=O) groups is 1. The van der Waals surface area contributed by atoms with E-state index in [1.54, 1.807) is 7.11 Å². The molecule has 0 aliphatic heterocycles. The molecule has 7 heteroatoms. The molecular formula is C24H22N4O2S. The predicted molar refractivity (Wildman–Crippen MR) is 124 cm³/mol. The molecule has 1 N–H and O–H groups in total. The second kappa shape index (κ2) is 9.49. The van der Waals surface area contributed by atoms with E-state index in [-0.39, 0.29) is 11.7 Å². The minimum Gasteiger partial charge on any atom is -0.495 e. The van der Waals surface area contributed by atoms with Crippen LogP contribution in [0, 0.1) is 6.92 Å². The molecule has 0 aliphatic carbocycles. The lowest BCUT2D eigenvalue weighted by Crippen LogP contribution is -2.15. The lowest BCUT2D eigenvalue weighted by atomic mass is 10.1. The van der Waals surface area contributed by atoms with Gasteiger partial charge >= 0.3 is 0 Å².